The SMILES string of the molecule is CC(=O)NCC1CCN(S(=O)(=O)C(C)C#N)CC1. The molecule has 1 N–H and O–H groups in total. The van der Waals surface area contributed by atoms with E-state index in [1.165, 1.54) is 18.2 Å². The molecule has 1 saturated heterocycles. The number of nitriles is 1. The zero-order valence-electron chi connectivity index (χ0n) is 10.7. The molecule has 0 saturated carbocycles. The van der Waals surface area contributed by atoms with E-state index in [4.69, 9.17) is 5.26 Å². The molecule has 7 heteroatoms. The van der Waals surface area contributed by atoms with Crippen molar-refractivity contribution in [1.29, 1.82) is 5.26 Å². The van der Waals surface area contributed by atoms with Gasteiger partial charge in [0.1, 0.15) is 0 Å². The number of carbonyl (C=O) groups is 1. The van der Waals surface area contributed by atoms with Gasteiger partial charge in [0.25, 0.3) is 0 Å². The van der Waals surface area contributed by atoms with Gasteiger partial charge in [-0.2, -0.15) is 5.26 Å². The van der Waals surface area contributed by atoms with E-state index in [1.54, 1.807) is 6.07 Å². The first-order valence-electron chi connectivity index (χ1n) is 6.01. The molecule has 1 atom stereocenters. The highest BCUT2D eigenvalue weighted by molar-refractivity contribution is 7.89. The predicted octanol–water partition coefficient (Wildman–Crippen LogP) is 0.0764. The van der Waals surface area contributed by atoms with Gasteiger partial charge in [-0.3, -0.25) is 4.79 Å². The molecule has 0 bridgehead atoms. The molecule has 1 unspecified atom stereocenters. The van der Waals surface area contributed by atoms with Gasteiger partial charge in [-0.25, -0.2) is 12.7 Å². The van der Waals surface area contributed by atoms with Gasteiger partial charge in [-0.1, -0.05) is 0 Å². The number of rotatable bonds is 4. The largest absolute Gasteiger partial charge is 0.356 e. The molecule has 0 spiro atoms. The zero-order chi connectivity index (χ0) is 13.8. The molecule has 1 rings (SSSR count). The number of nitrogens with one attached hydrogen (secondary N) is 1. The number of hydrogen-bond acceptors (Lipinski definition) is 4. The third kappa shape index (κ3) is 3.68. The van der Waals surface area contributed by atoms with Crippen LogP contribution >= 0.6 is 0 Å². The maximum atomic E-state index is 11.9. The van der Waals surface area contributed by atoms with E-state index in [0.29, 0.717) is 25.6 Å². The minimum atomic E-state index is -3.48. The summed E-state index contributed by atoms with van der Waals surface area (Å²) in [5, 5.41) is 10.4. The smallest absolute Gasteiger partial charge is 0.230 e. The fraction of sp³-hybridized carbons (Fsp3) is 0.818. The molecular weight excluding hydrogens is 254 g/mol. The number of nitrogens with zero attached hydrogens (tertiary/aromatic N) is 2. The second-order valence-corrected chi connectivity index (χ2v) is 6.85. The third-order valence-corrected chi connectivity index (χ3v) is 5.29. The Balaban J connectivity index is 2.49. The molecular formula is C11H19N3O3S. The quantitative estimate of drug-likeness (QED) is 0.785. The average molecular weight is 273 g/mol. The number of amides is 1. The summed E-state index contributed by atoms with van der Waals surface area (Å²) in [6.45, 7) is 4.32. The summed E-state index contributed by atoms with van der Waals surface area (Å²) < 4.78 is 25.2. The number of carbonyl (C=O) groups excluding carboxylic acids is 1. The van der Waals surface area contributed by atoms with Crippen LogP contribution in [0.5, 0.6) is 0 Å². The van der Waals surface area contributed by atoms with Gasteiger partial charge < -0.3 is 5.32 Å². The Morgan fingerprint density at radius 2 is 2.06 bits per heavy atom. The van der Waals surface area contributed by atoms with Crippen LogP contribution in [-0.2, 0) is 14.8 Å². The van der Waals surface area contributed by atoms with Gasteiger partial charge in [0.2, 0.25) is 15.9 Å². The van der Waals surface area contributed by atoms with E-state index >= 15 is 0 Å². The van der Waals surface area contributed by atoms with Crippen molar-refractivity contribution in [1.82, 2.24) is 9.62 Å². The van der Waals surface area contributed by atoms with Gasteiger partial charge in [-0.15, -0.1) is 0 Å². The minimum absolute atomic E-state index is 0.0665. The second-order valence-electron chi connectivity index (χ2n) is 4.60. The van der Waals surface area contributed by atoms with E-state index in [9.17, 15) is 13.2 Å². The van der Waals surface area contributed by atoms with Crippen LogP contribution in [0.3, 0.4) is 0 Å². The summed E-state index contributed by atoms with van der Waals surface area (Å²) in [4.78, 5) is 10.8. The Morgan fingerprint density at radius 1 is 1.50 bits per heavy atom. The van der Waals surface area contributed by atoms with E-state index in [1.807, 2.05) is 0 Å². The maximum Gasteiger partial charge on any atom is 0.230 e. The van der Waals surface area contributed by atoms with E-state index in [-0.39, 0.29) is 5.91 Å². The number of hydrogen-bond donors (Lipinski definition) is 1. The van der Waals surface area contributed by atoms with Crippen LogP contribution in [0.2, 0.25) is 0 Å². The summed E-state index contributed by atoms with van der Waals surface area (Å²) in [5.41, 5.74) is 0. The van der Waals surface area contributed by atoms with Gasteiger partial charge >= 0.3 is 0 Å². The first-order valence-corrected chi connectivity index (χ1v) is 7.51. The summed E-state index contributed by atoms with van der Waals surface area (Å²) in [6, 6.07) is 1.77. The van der Waals surface area contributed by atoms with Gasteiger partial charge in [-0.05, 0) is 25.7 Å². The summed E-state index contributed by atoms with van der Waals surface area (Å²) in [7, 11) is -3.48. The highest BCUT2D eigenvalue weighted by Gasteiger charge is 2.32. The van der Waals surface area contributed by atoms with Crippen molar-refractivity contribution in [3.8, 4) is 6.07 Å². The van der Waals surface area contributed by atoms with Crippen LogP contribution in [0, 0.1) is 17.2 Å². The van der Waals surface area contributed by atoms with Crippen LogP contribution in [0.1, 0.15) is 26.7 Å². The van der Waals surface area contributed by atoms with Crippen molar-refractivity contribution < 1.29 is 13.2 Å². The molecule has 18 heavy (non-hydrogen) atoms. The molecule has 6 nitrogen and oxygen atoms in total. The zero-order valence-corrected chi connectivity index (χ0v) is 11.5. The molecule has 0 radical (unpaired) electrons. The summed E-state index contributed by atoms with van der Waals surface area (Å²) in [6.07, 6.45) is 1.44. The maximum absolute atomic E-state index is 11.9. The lowest BCUT2D eigenvalue weighted by atomic mass is 9.98. The number of sulfonamides is 1. The number of piperidine rings is 1. The van der Waals surface area contributed by atoms with Gasteiger partial charge in [0.15, 0.2) is 5.25 Å². The Labute approximate surface area is 108 Å². The predicted molar refractivity (Wildman–Crippen MR) is 67.0 cm³/mol. The van der Waals surface area contributed by atoms with Gasteiger partial charge in [0, 0.05) is 26.6 Å². The molecule has 1 heterocycles. The summed E-state index contributed by atoms with van der Waals surface area (Å²) in [5.74, 6) is 0.251. The molecule has 0 aromatic carbocycles. The first-order chi connectivity index (χ1) is 8.37. The van der Waals surface area contributed by atoms with Crippen LogP contribution in [0.4, 0.5) is 0 Å². The highest BCUT2D eigenvalue weighted by atomic mass is 32.2. The molecule has 0 aliphatic carbocycles. The molecule has 1 aliphatic rings. The average Bonchev–Trinajstić information content (AvgIpc) is 2.35. The lowest BCUT2D eigenvalue weighted by Gasteiger charge is -2.31. The van der Waals surface area contributed by atoms with Gasteiger partial charge in [0.05, 0.1) is 6.07 Å². The molecule has 0 aromatic rings. The topological polar surface area (TPSA) is 90.3 Å². The Bertz CT molecular complexity index is 433. The summed E-state index contributed by atoms with van der Waals surface area (Å²) >= 11 is 0. The van der Waals surface area contributed by atoms with Crippen molar-refractivity contribution in [3.63, 3.8) is 0 Å². The molecule has 1 amide bonds. The minimum Gasteiger partial charge on any atom is -0.356 e. The first kappa shape index (κ1) is 14.9. The van der Waals surface area contributed by atoms with Crippen LogP contribution in [0.15, 0.2) is 0 Å². The van der Waals surface area contributed by atoms with Crippen LogP contribution in [-0.4, -0.2) is 43.5 Å². The molecule has 1 fully saturated rings. The third-order valence-electron chi connectivity index (χ3n) is 3.20. The lowest BCUT2D eigenvalue weighted by Crippen LogP contribution is -2.44. The lowest BCUT2D eigenvalue weighted by molar-refractivity contribution is -0.119. The fourth-order valence-corrected chi connectivity index (χ4v) is 3.25. The van der Waals surface area contributed by atoms with Crippen molar-refractivity contribution in [2.24, 2.45) is 5.92 Å². The second kappa shape index (κ2) is 6.16. The van der Waals surface area contributed by atoms with Crippen LogP contribution < -0.4 is 5.32 Å². The van der Waals surface area contributed by atoms with Crippen molar-refractivity contribution >= 4 is 15.9 Å². The van der Waals surface area contributed by atoms with E-state index in [0.717, 1.165) is 12.8 Å². The van der Waals surface area contributed by atoms with E-state index < -0.39 is 15.3 Å². The monoisotopic (exact) mass is 273 g/mol. The highest BCUT2D eigenvalue weighted by Crippen LogP contribution is 2.20. The Hall–Kier alpha value is -1.13. The van der Waals surface area contributed by atoms with Crippen molar-refractivity contribution in [3.05, 3.63) is 0 Å². The molecule has 102 valence electrons. The van der Waals surface area contributed by atoms with Crippen LogP contribution in [0.25, 0.3) is 0 Å². The fourth-order valence-electron chi connectivity index (χ4n) is 1.95. The normalized spacial score (nSPS) is 20.1. The van der Waals surface area contributed by atoms with Crippen molar-refractivity contribution in [2.45, 2.75) is 31.9 Å². The Morgan fingerprint density at radius 3 is 2.50 bits per heavy atom. The Kier molecular flexibility index (Phi) is 5.11. The standard InChI is InChI=1S/C11H19N3O3S/c1-9(7-12)18(16,17)14-5-3-11(4-6-14)8-13-10(2)15/h9,11H,3-6,8H2,1-2H3,(H,13,15). The van der Waals surface area contributed by atoms with E-state index in [2.05, 4.69) is 5.32 Å². The molecule has 1 aliphatic heterocycles. The molecule has 0 aromatic heterocycles. The van der Waals surface area contributed by atoms with Crippen molar-refractivity contribution in [2.75, 3.05) is 19.6 Å².